The van der Waals surface area contributed by atoms with Crippen LogP contribution in [0.1, 0.15) is 36.9 Å². The van der Waals surface area contributed by atoms with Gasteiger partial charge in [0, 0.05) is 6.61 Å². The molecule has 1 saturated heterocycles. The molecule has 0 saturated carbocycles. The van der Waals surface area contributed by atoms with Crippen molar-refractivity contribution in [3.8, 4) is 0 Å². The minimum absolute atomic E-state index is 0.186. The molecule has 2 aromatic heterocycles. The average Bonchev–Trinajstić information content (AvgIpc) is 2.86. The first-order chi connectivity index (χ1) is 12.8. The van der Waals surface area contributed by atoms with E-state index in [4.69, 9.17) is 15.6 Å². The maximum Gasteiger partial charge on any atom is 0.421 e. The Hall–Kier alpha value is -2.15. The summed E-state index contributed by atoms with van der Waals surface area (Å²) in [6, 6.07) is 0. The topological polar surface area (TPSA) is 85.7 Å². The molecule has 6 nitrogen and oxygen atoms in total. The van der Waals surface area contributed by atoms with Crippen LogP contribution in [0, 0.1) is 5.82 Å². The number of aliphatic hydroxyl groups is 1. The van der Waals surface area contributed by atoms with Crippen LogP contribution in [0.2, 0.25) is 0 Å². The number of nitrogens with zero attached hydrogens (tertiary/aromatic N) is 3. The SMILES string of the molecule is CC(c1c(C(F)(F)F)c(F)c2cnc(N)nn12)C(F)(F)F.OC1CCCOC1. The molecule has 3 rings (SSSR count). The summed E-state index contributed by atoms with van der Waals surface area (Å²) < 4.78 is 95.9. The third-order valence-corrected chi connectivity index (χ3v) is 4.00. The average molecular weight is 418 g/mol. The van der Waals surface area contributed by atoms with Crippen LogP contribution in [-0.4, -0.2) is 45.2 Å². The van der Waals surface area contributed by atoms with Crippen LogP contribution in [0.5, 0.6) is 0 Å². The molecule has 0 radical (unpaired) electrons. The molecule has 28 heavy (non-hydrogen) atoms. The summed E-state index contributed by atoms with van der Waals surface area (Å²) in [6.07, 6.45) is -7.99. The highest BCUT2D eigenvalue weighted by molar-refractivity contribution is 5.55. The largest absolute Gasteiger partial charge is 0.421 e. The fourth-order valence-corrected chi connectivity index (χ4v) is 2.59. The van der Waals surface area contributed by atoms with E-state index < -0.39 is 46.8 Å². The summed E-state index contributed by atoms with van der Waals surface area (Å²) in [5.41, 5.74) is 0.926. The summed E-state index contributed by atoms with van der Waals surface area (Å²) in [4.78, 5) is 3.28. The van der Waals surface area contributed by atoms with Crippen LogP contribution >= 0.6 is 0 Å². The van der Waals surface area contributed by atoms with E-state index in [9.17, 15) is 30.7 Å². The van der Waals surface area contributed by atoms with Gasteiger partial charge in [-0.05, 0) is 19.8 Å². The van der Waals surface area contributed by atoms with E-state index in [1.807, 2.05) is 0 Å². The quantitative estimate of drug-likeness (QED) is 0.695. The lowest BCUT2D eigenvalue weighted by Gasteiger charge is -2.18. The highest BCUT2D eigenvalue weighted by Gasteiger charge is 2.48. The number of ether oxygens (including phenoxy) is 1. The smallest absolute Gasteiger partial charge is 0.391 e. The Labute approximate surface area is 154 Å². The van der Waals surface area contributed by atoms with Crippen molar-refractivity contribution in [2.24, 2.45) is 0 Å². The monoisotopic (exact) mass is 418 g/mol. The zero-order valence-electron chi connectivity index (χ0n) is 14.5. The molecule has 3 N–H and O–H groups in total. The minimum Gasteiger partial charge on any atom is -0.391 e. The van der Waals surface area contributed by atoms with Gasteiger partial charge in [-0.1, -0.05) is 0 Å². The molecular formula is C15H17F7N4O2. The Kier molecular flexibility index (Phi) is 6.38. The molecule has 1 aliphatic heterocycles. The number of aromatic nitrogens is 3. The number of nitrogens with two attached hydrogens (primary N) is 1. The third-order valence-electron chi connectivity index (χ3n) is 4.00. The molecule has 0 amide bonds. The van der Waals surface area contributed by atoms with Gasteiger partial charge in [-0.2, -0.15) is 26.3 Å². The van der Waals surface area contributed by atoms with E-state index in [0.717, 1.165) is 19.4 Å². The van der Waals surface area contributed by atoms with Gasteiger partial charge in [0.05, 0.1) is 30.5 Å². The number of nitrogen functional groups attached to an aromatic ring is 1. The minimum atomic E-state index is -5.32. The molecule has 2 aromatic rings. The standard InChI is InChI=1S/C10H7F7N4.C5H10O2/c1-3(9(12,13)14)7-5(10(15,16)17)6(11)4-2-19-8(18)20-21(4)7;6-5-2-1-3-7-4-5/h2-3H,1H3,(H2,18,20);5-6H,1-4H2. The predicted octanol–water partition coefficient (Wildman–Crippen LogP) is 3.29. The molecule has 158 valence electrons. The molecule has 1 fully saturated rings. The fourth-order valence-electron chi connectivity index (χ4n) is 2.59. The molecule has 0 spiro atoms. The maximum absolute atomic E-state index is 13.8. The molecule has 0 aliphatic carbocycles. The first-order valence-electron chi connectivity index (χ1n) is 8.06. The Bertz CT molecular complexity index is 813. The first-order valence-corrected chi connectivity index (χ1v) is 8.06. The van der Waals surface area contributed by atoms with Gasteiger partial charge in [-0.25, -0.2) is 13.9 Å². The van der Waals surface area contributed by atoms with Gasteiger partial charge in [-0.15, -0.1) is 5.10 Å². The van der Waals surface area contributed by atoms with Gasteiger partial charge in [0.1, 0.15) is 11.1 Å². The molecule has 3 heterocycles. The molecular weight excluding hydrogens is 401 g/mol. The van der Waals surface area contributed by atoms with Gasteiger partial charge in [0.15, 0.2) is 5.82 Å². The Morgan fingerprint density at radius 3 is 2.36 bits per heavy atom. The van der Waals surface area contributed by atoms with Crippen molar-refractivity contribution in [3.05, 3.63) is 23.3 Å². The van der Waals surface area contributed by atoms with E-state index in [1.165, 1.54) is 0 Å². The van der Waals surface area contributed by atoms with Crippen molar-refractivity contribution < 1.29 is 40.6 Å². The fraction of sp³-hybridized carbons (Fsp3) is 0.600. The van der Waals surface area contributed by atoms with Gasteiger partial charge in [0.25, 0.3) is 0 Å². The molecule has 0 aromatic carbocycles. The third kappa shape index (κ3) is 4.82. The van der Waals surface area contributed by atoms with Crippen LogP contribution in [0.15, 0.2) is 6.20 Å². The zero-order chi connectivity index (χ0) is 21.3. The van der Waals surface area contributed by atoms with E-state index in [2.05, 4.69) is 10.1 Å². The van der Waals surface area contributed by atoms with E-state index in [1.54, 1.807) is 0 Å². The van der Waals surface area contributed by atoms with E-state index in [-0.39, 0.29) is 10.6 Å². The van der Waals surface area contributed by atoms with Crippen molar-refractivity contribution in [2.75, 3.05) is 18.9 Å². The Morgan fingerprint density at radius 2 is 1.93 bits per heavy atom. The van der Waals surface area contributed by atoms with Gasteiger partial charge < -0.3 is 15.6 Å². The number of fused-ring (bicyclic) bond motifs is 1. The van der Waals surface area contributed by atoms with Crippen LogP contribution in [0.3, 0.4) is 0 Å². The summed E-state index contributed by atoms with van der Waals surface area (Å²) in [7, 11) is 0. The van der Waals surface area contributed by atoms with Crippen molar-refractivity contribution in [1.29, 1.82) is 0 Å². The van der Waals surface area contributed by atoms with Crippen molar-refractivity contribution in [2.45, 2.75) is 44.1 Å². The lowest BCUT2D eigenvalue weighted by molar-refractivity contribution is -0.155. The second-order valence-electron chi connectivity index (χ2n) is 6.12. The van der Waals surface area contributed by atoms with Crippen LogP contribution in [0.25, 0.3) is 5.52 Å². The number of halogens is 7. The molecule has 2 unspecified atom stereocenters. The van der Waals surface area contributed by atoms with E-state index >= 15 is 0 Å². The molecule has 0 bridgehead atoms. The summed E-state index contributed by atoms with van der Waals surface area (Å²) in [6.45, 7) is 1.85. The van der Waals surface area contributed by atoms with Gasteiger partial charge >= 0.3 is 12.4 Å². The normalized spacial score (nSPS) is 19.2. The number of rotatable bonds is 1. The van der Waals surface area contributed by atoms with Crippen LogP contribution in [-0.2, 0) is 10.9 Å². The maximum atomic E-state index is 13.8. The highest BCUT2D eigenvalue weighted by atomic mass is 19.4. The van der Waals surface area contributed by atoms with Gasteiger partial charge in [-0.3, -0.25) is 0 Å². The zero-order valence-corrected chi connectivity index (χ0v) is 14.5. The van der Waals surface area contributed by atoms with Crippen molar-refractivity contribution in [1.82, 2.24) is 14.6 Å². The number of hydrogen-bond acceptors (Lipinski definition) is 5. The van der Waals surface area contributed by atoms with Crippen LogP contribution in [0.4, 0.5) is 36.7 Å². The number of alkyl halides is 6. The molecule has 2 atom stereocenters. The lowest BCUT2D eigenvalue weighted by Crippen LogP contribution is -2.23. The summed E-state index contributed by atoms with van der Waals surface area (Å²) >= 11 is 0. The second-order valence-corrected chi connectivity index (χ2v) is 6.12. The Morgan fingerprint density at radius 1 is 1.29 bits per heavy atom. The summed E-state index contributed by atoms with van der Waals surface area (Å²) in [5, 5.41) is 12.0. The number of hydrogen-bond donors (Lipinski definition) is 2. The van der Waals surface area contributed by atoms with Gasteiger partial charge in [0.2, 0.25) is 5.95 Å². The number of anilines is 1. The van der Waals surface area contributed by atoms with Crippen LogP contribution < -0.4 is 5.73 Å². The first kappa shape index (κ1) is 22.1. The van der Waals surface area contributed by atoms with Crippen molar-refractivity contribution in [3.63, 3.8) is 0 Å². The lowest BCUT2D eigenvalue weighted by atomic mass is 10.0. The number of aliphatic hydroxyl groups excluding tert-OH is 1. The molecule has 13 heteroatoms. The highest BCUT2D eigenvalue weighted by Crippen LogP contribution is 2.44. The summed E-state index contributed by atoms with van der Waals surface area (Å²) in [5.74, 6) is -5.05. The van der Waals surface area contributed by atoms with Crippen molar-refractivity contribution >= 4 is 11.5 Å². The Balaban J connectivity index is 0.000000336. The molecule has 1 aliphatic rings. The van der Waals surface area contributed by atoms with E-state index in [0.29, 0.717) is 19.7 Å². The predicted molar refractivity (Wildman–Crippen MR) is 82.9 cm³/mol. The second kappa shape index (κ2) is 8.07.